The molecule has 8 nitrogen and oxygen atoms in total. The van der Waals surface area contributed by atoms with Crippen molar-refractivity contribution in [1.82, 2.24) is 14.8 Å². The number of amides is 1. The molecule has 0 bridgehead atoms. The highest BCUT2D eigenvalue weighted by Gasteiger charge is 2.34. The molecule has 2 aromatic carbocycles. The number of carbonyl (C=O) groups excluding carboxylic acids is 1. The summed E-state index contributed by atoms with van der Waals surface area (Å²) < 4.78 is 13.0. The topological polar surface area (TPSA) is 90.3 Å². The van der Waals surface area contributed by atoms with Gasteiger partial charge in [0, 0.05) is 11.4 Å². The zero-order valence-electron chi connectivity index (χ0n) is 20.5. The van der Waals surface area contributed by atoms with E-state index in [0.717, 1.165) is 35.6 Å². The molecule has 4 rings (SSSR count). The van der Waals surface area contributed by atoms with Crippen molar-refractivity contribution in [2.45, 2.75) is 44.8 Å². The molecule has 1 atom stereocenters. The predicted octanol–water partition coefficient (Wildman–Crippen LogP) is 5.51. The third-order valence-corrected chi connectivity index (χ3v) is 6.58. The van der Waals surface area contributed by atoms with Gasteiger partial charge in [-0.05, 0) is 49.6 Å². The number of rotatable bonds is 10. The molecule has 0 aliphatic carbocycles. The second-order valence-corrected chi connectivity index (χ2v) is 9.21. The number of carbonyl (C=O) groups is 1. The van der Waals surface area contributed by atoms with E-state index in [4.69, 9.17) is 14.6 Å². The number of thioether (sulfide) groups is 1. The van der Waals surface area contributed by atoms with E-state index in [1.54, 1.807) is 23.6 Å². The largest absolute Gasteiger partial charge is 0.495 e. The van der Waals surface area contributed by atoms with Crippen LogP contribution in [0.4, 0.5) is 11.6 Å². The van der Waals surface area contributed by atoms with E-state index in [-0.39, 0.29) is 5.91 Å². The summed E-state index contributed by atoms with van der Waals surface area (Å²) in [6.45, 7) is 6.74. The summed E-state index contributed by atoms with van der Waals surface area (Å²) in [7, 11) is 1.58. The maximum atomic E-state index is 13.7. The van der Waals surface area contributed by atoms with E-state index < -0.39 is 6.04 Å². The van der Waals surface area contributed by atoms with E-state index in [2.05, 4.69) is 29.5 Å². The minimum atomic E-state index is -0.454. The van der Waals surface area contributed by atoms with Crippen molar-refractivity contribution in [3.05, 3.63) is 65.4 Å². The number of hydrogen-bond donors (Lipinski definition) is 2. The van der Waals surface area contributed by atoms with Gasteiger partial charge in [0.25, 0.3) is 5.91 Å². The maximum absolute atomic E-state index is 13.7. The van der Waals surface area contributed by atoms with E-state index in [9.17, 15) is 4.79 Å². The molecule has 2 heterocycles. The number of hydrogen-bond acceptors (Lipinski definition) is 7. The molecule has 1 aliphatic heterocycles. The highest BCUT2D eigenvalue weighted by molar-refractivity contribution is 7.99. The van der Waals surface area contributed by atoms with Gasteiger partial charge in [-0.25, -0.2) is 4.68 Å². The summed E-state index contributed by atoms with van der Waals surface area (Å²) in [6.07, 6.45) is 1.96. The van der Waals surface area contributed by atoms with Crippen LogP contribution in [0, 0.1) is 0 Å². The Bertz CT molecular complexity index is 1210. The molecule has 0 radical (unpaired) electrons. The average molecular weight is 494 g/mol. The Hall–Kier alpha value is -3.46. The van der Waals surface area contributed by atoms with Crippen LogP contribution in [0.2, 0.25) is 0 Å². The molecule has 1 aromatic heterocycles. The van der Waals surface area contributed by atoms with Gasteiger partial charge in [-0.1, -0.05) is 49.9 Å². The normalized spacial score (nSPS) is 14.8. The molecule has 9 heteroatoms. The smallest absolute Gasteiger partial charge is 0.255 e. The highest BCUT2D eigenvalue weighted by atomic mass is 32.2. The minimum Gasteiger partial charge on any atom is -0.495 e. The van der Waals surface area contributed by atoms with Crippen LogP contribution in [0.3, 0.4) is 0 Å². The third-order valence-electron chi connectivity index (χ3n) is 5.54. The number of nitrogens with one attached hydrogen (secondary N) is 2. The number of para-hydroxylation sites is 2. The average Bonchev–Trinajstić information content (AvgIpc) is 3.28. The molecule has 184 valence electrons. The fourth-order valence-electron chi connectivity index (χ4n) is 3.89. The third kappa shape index (κ3) is 5.45. The summed E-state index contributed by atoms with van der Waals surface area (Å²) in [4.78, 5) is 18.3. The number of fused-ring (bicyclic) bond motifs is 1. The van der Waals surface area contributed by atoms with Crippen molar-refractivity contribution in [1.29, 1.82) is 0 Å². The summed E-state index contributed by atoms with van der Waals surface area (Å²) in [5, 5.41) is 11.7. The van der Waals surface area contributed by atoms with Gasteiger partial charge in [0.1, 0.15) is 17.5 Å². The van der Waals surface area contributed by atoms with E-state index >= 15 is 0 Å². The van der Waals surface area contributed by atoms with Gasteiger partial charge in [-0.3, -0.25) is 4.79 Å². The molecular formula is C26H31N5O3S. The fraction of sp³-hybridized carbons (Fsp3) is 0.346. The van der Waals surface area contributed by atoms with Crippen LogP contribution in [0.15, 0.2) is 65.0 Å². The Morgan fingerprint density at radius 1 is 1.14 bits per heavy atom. The summed E-state index contributed by atoms with van der Waals surface area (Å²) in [5.74, 6) is 2.69. The Morgan fingerprint density at radius 2 is 1.91 bits per heavy atom. The maximum Gasteiger partial charge on any atom is 0.255 e. The second-order valence-electron chi connectivity index (χ2n) is 8.15. The molecule has 0 fully saturated rings. The van der Waals surface area contributed by atoms with Crippen molar-refractivity contribution < 1.29 is 14.3 Å². The number of anilines is 2. The van der Waals surface area contributed by atoms with E-state index in [1.165, 1.54) is 0 Å². The van der Waals surface area contributed by atoms with Crippen LogP contribution in [0.25, 0.3) is 0 Å². The molecule has 3 aromatic rings. The lowest BCUT2D eigenvalue weighted by molar-refractivity contribution is -0.113. The number of methoxy groups -OCH3 is 1. The zero-order valence-corrected chi connectivity index (χ0v) is 21.3. The van der Waals surface area contributed by atoms with Crippen LogP contribution in [0.5, 0.6) is 11.5 Å². The Labute approximate surface area is 210 Å². The van der Waals surface area contributed by atoms with E-state index in [1.807, 2.05) is 55.5 Å². The lowest BCUT2D eigenvalue weighted by atomic mass is 9.95. The monoisotopic (exact) mass is 493 g/mol. The van der Waals surface area contributed by atoms with Gasteiger partial charge in [-0.15, -0.1) is 5.10 Å². The highest BCUT2D eigenvalue weighted by Crippen LogP contribution is 2.37. The molecule has 0 saturated heterocycles. The Kier molecular flexibility index (Phi) is 7.97. The zero-order chi connectivity index (χ0) is 24.8. The predicted molar refractivity (Wildman–Crippen MR) is 139 cm³/mol. The van der Waals surface area contributed by atoms with Gasteiger partial charge in [0.15, 0.2) is 0 Å². The van der Waals surface area contributed by atoms with Crippen molar-refractivity contribution in [2.24, 2.45) is 0 Å². The molecular weight excluding hydrogens is 462 g/mol. The number of ether oxygens (including phenoxy) is 2. The molecule has 2 N–H and O–H groups in total. The Morgan fingerprint density at radius 3 is 2.63 bits per heavy atom. The molecule has 1 amide bonds. The van der Waals surface area contributed by atoms with Crippen LogP contribution < -0.4 is 20.1 Å². The standard InChI is InChI=1S/C26H31N5O3S/c1-5-15-34-19-13-11-18(12-14-19)23-22(24(32)28-20-9-7-8-10-21(20)33-4)17(3)27-25-29-26(30-31(23)25)35-16-6-2/h7-14,23H,5-6,15-16H2,1-4H3,(H,28,32)(H,27,29,30). The van der Waals surface area contributed by atoms with E-state index in [0.29, 0.717) is 34.7 Å². The Balaban J connectivity index is 1.73. The second kappa shape index (κ2) is 11.3. The molecule has 0 spiro atoms. The quantitative estimate of drug-likeness (QED) is 0.360. The van der Waals surface area contributed by atoms with Gasteiger partial charge in [0.2, 0.25) is 11.1 Å². The first-order valence-electron chi connectivity index (χ1n) is 11.8. The lowest BCUT2D eigenvalue weighted by Gasteiger charge is -2.29. The van der Waals surface area contributed by atoms with Gasteiger partial charge in [0.05, 0.1) is 25.0 Å². The first-order valence-corrected chi connectivity index (χ1v) is 12.8. The number of benzene rings is 2. The van der Waals surface area contributed by atoms with Crippen molar-refractivity contribution in [2.75, 3.05) is 30.1 Å². The van der Waals surface area contributed by atoms with Crippen molar-refractivity contribution in [3.8, 4) is 11.5 Å². The lowest BCUT2D eigenvalue weighted by Crippen LogP contribution is -2.31. The summed E-state index contributed by atoms with van der Waals surface area (Å²) >= 11 is 1.60. The number of aromatic nitrogens is 3. The van der Waals surface area contributed by atoms with Crippen LogP contribution >= 0.6 is 11.8 Å². The van der Waals surface area contributed by atoms with Crippen LogP contribution in [-0.4, -0.2) is 40.1 Å². The molecule has 1 aliphatic rings. The van der Waals surface area contributed by atoms with Gasteiger partial charge >= 0.3 is 0 Å². The van der Waals surface area contributed by atoms with Gasteiger partial charge < -0.3 is 20.1 Å². The summed E-state index contributed by atoms with van der Waals surface area (Å²) in [6, 6.07) is 14.7. The molecule has 35 heavy (non-hydrogen) atoms. The van der Waals surface area contributed by atoms with Crippen molar-refractivity contribution in [3.63, 3.8) is 0 Å². The summed E-state index contributed by atoms with van der Waals surface area (Å²) in [5.41, 5.74) is 2.80. The van der Waals surface area contributed by atoms with Crippen molar-refractivity contribution >= 4 is 29.3 Å². The molecule has 1 unspecified atom stereocenters. The number of allylic oxidation sites excluding steroid dienone is 1. The van der Waals surface area contributed by atoms with Crippen LogP contribution in [0.1, 0.15) is 45.2 Å². The van der Waals surface area contributed by atoms with Crippen LogP contribution in [-0.2, 0) is 4.79 Å². The molecule has 0 saturated carbocycles. The minimum absolute atomic E-state index is 0.236. The number of nitrogens with zero attached hydrogens (tertiary/aromatic N) is 3. The fourth-order valence-corrected chi connectivity index (χ4v) is 4.58. The van der Waals surface area contributed by atoms with Gasteiger partial charge in [-0.2, -0.15) is 4.98 Å². The SMILES string of the molecule is CCCOc1ccc(C2C(C(=O)Nc3ccccc3OC)=C(C)Nc3nc(SCCC)nn32)cc1. The first kappa shape index (κ1) is 24.7. The first-order chi connectivity index (χ1) is 17.0.